The molecule has 176 valence electrons. The molecule has 2 N–H and O–H groups in total. The van der Waals surface area contributed by atoms with Crippen LogP contribution in [0.5, 0.6) is 0 Å². The van der Waals surface area contributed by atoms with Crippen molar-refractivity contribution >= 4 is 11.9 Å². The van der Waals surface area contributed by atoms with Gasteiger partial charge in [0.25, 0.3) is 0 Å². The van der Waals surface area contributed by atoms with E-state index in [0.717, 1.165) is 68.5 Å². The van der Waals surface area contributed by atoms with Gasteiger partial charge in [-0.1, -0.05) is 6.42 Å². The molecule has 1 amide bonds. The van der Waals surface area contributed by atoms with E-state index in [1.165, 1.54) is 6.42 Å². The van der Waals surface area contributed by atoms with Crippen LogP contribution in [0, 0.1) is 12.8 Å². The first-order valence-corrected chi connectivity index (χ1v) is 10.5. The number of fused-ring (bicyclic) bond motifs is 1. The number of hydrogen-bond donors (Lipinski definition) is 2. The monoisotopic (exact) mass is 456 g/mol. The summed E-state index contributed by atoms with van der Waals surface area (Å²) < 4.78 is 39.7. The molecule has 0 atom stereocenters. The van der Waals surface area contributed by atoms with Crippen LogP contribution in [-0.2, 0) is 35.6 Å². The number of hydrogen-bond acceptors (Lipinski definition) is 5. The molecule has 4 rings (SSSR count). The molecule has 2 aliphatic rings. The van der Waals surface area contributed by atoms with Gasteiger partial charge in [0.15, 0.2) is 0 Å². The van der Waals surface area contributed by atoms with Crippen LogP contribution in [0.2, 0.25) is 0 Å². The Morgan fingerprint density at radius 3 is 2.53 bits per heavy atom. The molecule has 0 unspecified atom stereocenters. The predicted molar refractivity (Wildman–Crippen MR) is 108 cm³/mol. The fourth-order valence-corrected chi connectivity index (χ4v) is 3.62. The smallest absolute Gasteiger partial charge is 0.475 e. The summed E-state index contributed by atoms with van der Waals surface area (Å²) in [5.74, 6) is 0.773. The van der Waals surface area contributed by atoms with E-state index in [1.54, 1.807) is 0 Å². The second-order valence-corrected chi connectivity index (χ2v) is 8.00. The van der Waals surface area contributed by atoms with Gasteiger partial charge in [-0.15, -0.1) is 0 Å². The Morgan fingerprint density at radius 2 is 1.97 bits per heavy atom. The number of aromatic nitrogens is 2. The van der Waals surface area contributed by atoms with Gasteiger partial charge < -0.3 is 19.4 Å². The highest BCUT2D eigenvalue weighted by atomic mass is 19.4. The van der Waals surface area contributed by atoms with Crippen LogP contribution in [0.15, 0.2) is 22.7 Å². The Bertz CT molecular complexity index is 934. The standard InChI is InChI=1S/C19H26N4O2.C2HF3O2/c1-14-5-6-17(25-14)13-22-8-7-18-20-11-16(23(18)10-9-22)12-21-19(24)15-3-2-4-15;3-2(4,5)1(6)7/h5-6,11,15H,2-4,7-10,12-13H2,1H3,(H,21,24);(H,6,7). The number of nitrogens with zero attached hydrogens (tertiary/aromatic N) is 3. The van der Waals surface area contributed by atoms with Gasteiger partial charge in [0, 0.05) is 32.0 Å². The molecule has 0 saturated heterocycles. The first-order chi connectivity index (χ1) is 15.1. The second kappa shape index (κ2) is 10.2. The van der Waals surface area contributed by atoms with Crippen LogP contribution < -0.4 is 5.32 Å². The van der Waals surface area contributed by atoms with Crippen LogP contribution >= 0.6 is 0 Å². The summed E-state index contributed by atoms with van der Waals surface area (Å²) in [6, 6.07) is 4.07. The number of amides is 1. The average molecular weight is 456 g/mol. The summed E-state index contributed by atoms with van der Waals surface area (Å²) in [6.07, 6.45) is 1.03. The van der Waals surface area contributed by atoms with Crippen LogP contribution in [0.3, 0.4) is 0 Å². The molecule has 1 saturated carbocycles. The van der Waals surface area contributed by atoms with E-state index in [4.69, 9.17) is 14.3 Å². The van der Waals surface area contributed by atoms with Gasteiger partial charge in [-0.25, -0.2) is 9.78 Å². The van der Waals surface area contributed by atoms with Crippen molar-refractivity contribution in [1.82, 2.24) is 19.8 Å². The zero-order valence-electron chi connectivity index (χ0n) is 17.8. The average Bonchev–Trinajstić information content (AvgIpc) is 3.20. The number of aliphatic carboxylic acids is 1. The molecule has 0 aromatic carbocycles. The zero-order chi connectivity index (χ0) is 23.3. The Balaban J connectivity index is 0.000000360. The minimum absolute atomic E-state index is 0.199. The number of rotatable bonds is 5. The molecule has 2 aromatic rings. The number of alkyl halides is 3. The largest absolute Gasteiger partial charge is 0.490 e. The van der Waals surface area contributed by atoms with E-state index in [0.29, 0.717) is 6.54 Å². The number of furan rings is 1. The van der Waals surface area contributed by atoms with Gasteiger partial charge in [0.1, 0.15) is 17.3 Å². The lowest BCUT2D eigenvalue weighted by molar-refractivity contribution is -0.192. The van der Waals surface area contributed by atoms with Crippen molar-refractivity contribution in [2.24, 2.45) is 5.92 Å². The summed E-state index contributed by atoms with van der Waals surface area (Å²) in [4.78, 5) is 27.9. The summed E-state index contributed by atoms with van der Waals surface area (Å²) in [6.45, 7) is 6.25. The maximum absolute atomic E-state index is 12.1. The maximum atomic E-state index is 12.1. The fourth-order valence-electron chi connectivity index (χ4n) is 3.62. The van der Waals surface area contributed by atoms with Crippen LogP contribution in [0.1, 0.15) is 42.3 Å². The molecular weight excluding hydrogens is 429 g/mol. The second-order valence-electron chi connectivity index (χ2n) is 8.00. The molecule has 1 aliphatic heterocycles. The Labute approximate surface area is 183 Å². The summed E-state index contributed by atoms with van der Waals surface area (Å²) in [5.41, 5.74) is 1.11. The van der Waals surface area contributed by atoms with Crippen LogP contribution in [-0.4, -0.2) is 50.7 Å². The summed E-state index contributed by atoms with van der Waals surface area (Å²) >= 11 is 0. The third kappa shape index (κ3) is 6.35. The Kier molecular flexibility index (Phi) is 7.60. The van der Waals surface area contributed by atoms with Crippen LogP contribution in [0.4, 0.5) is 13.2 Å². The lowest BCUT2D eigenvalue weighted by atomic mass is 9.85. The minimum Gasteiger partial charge on any atom is -0.475 e. The Hall–Kier alpha value is -2.82. The predicted octanol–water partition coefficient (Wildman–Crippen LogP) is 2.89. The highest BCUT2D eigenvalue weighted by Gasteiger charge is 2.38. The van der Waals surface area contributed by atoms with E-state index in [2.05, 4.69) is 25.8 Å². The molecule has 1 fully saturated rings. The van der Waals surface area contributed by atoms with Gasteiger partial charge in [-0.3, -0.25) is 9.69 Å². The Morgan fingerprint density at radius 1 is 1.25 bits per heavy atom. The first kappa shape index (κ1) is 23.8. The van der Waals surface area contributed by atoms with Crippen molar-refractivity contribution in [3.8, 4) is 0 Å². The molecular formula is C21H27F3N4O4. The van der Waals surface area contributed by atoms with Crippen molar-refractivity contribution in [3.05, 3.63) is 41.4 Å². The number of carbonyl (C=O) groups is 2. The van der Waals surface area contributed by atoms with Crippen molar-refractivity contribution in [2.45, 2.75) is 58.4 Å². The number of imidazole rings is 1. The fraction of sp³-hybridized carbons (Fsp3) is 0.571. The number of carbonyl (C=O) groups excluding carboxylic acids is 1. The number of aryl methyl sites for hydroxylation is 1. The van der Waals surface area contributed by atoms with E-state index >= 15 is 0 Å². The maximum Gasteiger partial charge on any atom is 0.490 e. The van der Waals surface area contributed by atoms with Crippen molar-refractivity contribution in [1.29, 1.82) is 0 Å². The molecule has 1 aliphatic carbocycles. The number of halogens is 3. The normalized spacial score (nSPS) is 16.9. The quantitative estimate of drug-likeness (QED) is 0.718. The minimum atomic E-state index is -5.08. The van der Waals surface area contributed by atoms with E-state index in [9.17, 15) is 18.0 Å². The number of nitrogens with one attached hydrogen (secondary N) is 1. The molecule has 0 radical (unpaired) electrons. The lowest BCUT2D eigenvalue weighted by Gasteiger charge is -2.24. The van der Waals surface area contributed by atoms with E-state index < -0.39 is 12.1 Å². The zero-order valence-corrected chi connectivity index (χ0v) is 17.8. The highest BCUT2D eigenvalue weighted by Crippen LogP contribution is 2.26. The van der Waals surface area contributed by atoms with E-state index in [1.807, 2.05) is 19.2 Å². The van der Waals surface area contributed by atoms with Crippen molar-refractivity contribution in [2.75, 3.05) is 13.1 Å². The molecule has 32 heavy (non-hydrogen) atoms. The molecule has 8 nitrogen and oxygen atoms in total. The van der Waals surface area contributed by atoms with Crippen LogP contribution in [0.25, 0.3) is 0 Å². The van der Waals surface area contributed by atoms with Gasteiger partial charge in [-0.05, 0) is 31.9 Å². The molecule has 0 bridgehead atoms. The SMILES string of the molecule is Cc1ccc(CN2CCc3ncc(CNC(=O)C4CCC4)n3CC2)o1.O=C(O)C(F)(F)F. The molecule has 11 heteroatoms. The van der Waals surface area contributed by atoms with E-state index in [-0.39, 0.29) is 11.8 Å². The summed E-state index contributed by atoms with van der Waals surface area (Å²) in [7, 11) is 0. The lowest BCUT2D eigenvalue weighted by Crippen LogP contribution is -2.34. The van der Waals surface area contributed by atoms with Crippen molar-refractivity contribution in [3.63, 3.8) is 0 Å². The highest BCUT2D eigenvalue weighted by molar-refractivity contribution is 5.79. The number of carboxylic acid groups (broad SMARTS) is 1. The number of carboxylic acids is 1. The van der Waals surface area contributed by atoms with Gasteiger partial charge in [0.05, 0.1) is 25.0 Å². The van der Waals surface area contributed by atoms with Gasteiger partial charge in [-0.2, -0.15) is 13.2 Å². The third-order valence-electron chi connectivity index (χ3n) is 5.65. The van der Waals surface area contributed by atoms with Crippen molar-refractivity contribution < 1.29 is 32.3 Å². The molecule has 2 aromatic heterocycles. The molecule has 3 heterocycles. The molecule has 0 spiro atoms. The third-order valence-corrected chi connectivity index (χ3v) is 5.65. The topological polar surface area (TPSA) is 101 Å². The first-order valence-electron chi connectivity index (χ1n) is 10.5. The van der Waals surface area contributed by atoms with Gasteiger partial charge >= 0.3 is 12.1 Å². The summed E-state index contributed by atoms with van der Waals surface area (Å²) in [5, 5.41) is 10.2. The van der Waals surface area contributed by atoms with Gasteiger partial charge in [0.2, 0.25) is 5.91 Å².